The Morgan fingerprint density at radius 2 is 1.46 bits per heavy atom. The van der Waals surface area contributed by atoms with Gasteiger partial charge in [0.2, 0.25) is 17.5 Å². The number of nitrogens with zero attached hydrogens (tertiary/aromatic N) is 3. The molecule has 0 radical (unpaired) electrons. The van der Waals surface area contributed by atoms with Crippen LogP contribution in [0.15, 0.2) is 67.0 Å². The zero-order valence-electron chi connectivity index (χ0n) is 21.5. The van der Waals surface area contributed by atoms with Crippen molar-refractivity contribution in [3.05, 3.63) is 88.2 Å². The van der Waals surface area contributed by atoms with Crippen LogP contribution in [-0.2, 0) is 4.79 Å². The molecule has 0 atom stereocenters. The van der Waals surface area contributed by atoms with Gasteiger partial charge in [-0.25, -0.2) is 9.97 Å². The van der Waals surface area contributed by atoms with E-state index in [-0.39, 0.29) is 40.3 Å². The van der Waals surface area contributed by atoms with E-state index in [9.17, 15) is 14.9 Å². The van der Waals surface area contributed by atoms with E-state index in [1.807, 2.05) is 60.7 Å². The summed E-state index contributed by atoms with van der Waals surface area (Å²) in [5, 5.41) is 18.9. The number of nitro groups is 1. The Balaban J connectivity index is 1.56. The summed E-state index contributed by atoms with van der Waals surface area (Å²) in [6.07, 6.45) is 2.76. The largest absolute Gasteiger partial charge is 0.361 e. The molecule has 0 bridgehead atoms. The van der Waals surface area contributed by atoms with Crippen molar-refractivity contribution >= 4 is 23.2 Å². The Morgan fingerprint density at radius 1 is 0.946 bits per heavy atom. The van der Waals surface area contributed by atoms with Crippen molar-refractivity contribution in [1.82, 2.24) is 20.7 Å². The number of aromatic nitrogens is 2. The van der Waals surface area contributed by atoms with E-state index in [2.05, 4.69) is 59.1 Å². The highest BCUT2D eigenvalue weighted by molar-refractivity contribution is 5.88. The smallest absolute Gasteiger partial charge is 0.354 e. The summed E-state index contributed by atoms with van der Waals surface area (Å²) in [6, 6.07) is 18.7. The van der Waals surface area contributed by atoms with Gasteiger partial charge in [-0.1, -0.05) is 60.7 Å². The Morgan fingerprint density at radius 3 is 1.97 bits per heavy atom. The summed E-state index contributed by atoms with van der Waals surface area (Å²) in [5.74, 6) is -0.977. The highest BCUT2D eigenvalue weighted by Crippen LogP contribution is 2.34. The number of carbonyl (C=O) groups excluding carboxylic acids is 1. The molecule has 0 spiro atoms. The van der Waals surface area contributed by atoms with Gasteiger partial charge in [-0.2, -0.15) is 0 Å². The maximum absolute atomic E-state index is 13.3. The number of hydrogen-bond acceptors (Lipinski definition) is 8. The number of rotatable bonds is 8. The monoisotopic (exact) mass is 503 g/mol. The first-order valence-corrected chi connectivity index (χ1v) is 12.3. The van der Waals surface area contributed by atoms with E-state index in [0.29, 0.717) is 0 Å². The first kappa shape index (κ1) is 26.0. The predicted molar refractivity (Wildman–Crippen MR) is 143 cm³/mol. The van der Waals surface area contributed by atoms with Gasteiger partial charge in [-0.05, 0) is 51.7 Å². The van der Waals surface area contributed by atoms with Crippen LogP contribution >= 0.6 is 0 Å². The van der Waals surface area contributed by atoms with Crippen LogP contribution < -0.4 is 21.5 Å². The van der Waals surface area contributed by atoms with Crippen LogP contribution in [0.4, 0.5) is 17.3 Å². The van der Waals surface area contributed by atoms with Gasteiger partial charge >= 0.3 is 5.69 Å². The lowest BCUT2D eigenvalue weighted by Gasteiger charge is -2.46. The zero-order chi connectivity index (χ0) is 26.6. The molecule has 0 aliphatic carbocycles. The van der Waals surface area contributed by atoms with Crippen molar-refractivity contribution in [3.8, 4) is 0 Å². The minimum Gasteiger partial charge on any atom is -0.361 e. The zero-order valence-corrected chi connectivity index (χ0v) is 21.5. The number of hydrogen-bond donors (Lipinski definition) is 4. The van der Waals surface area contributed by atoms with Gasteiger partial charge < -0.3 is 10.6 Å². The maximum atomic E-state index is 13.3. The quantitative estimate of drug-likeness (QED) is 0.263. The molecule has 2 aromatic carbocycles. The fourth-order valence-electron chi connectivity index (χ4n) is 5.35. The number of carbonyl (C=O) groups is 1. The van der Waals surface area contributed by atoms with Crippen molar-refractivity contribution in [3.63, 3.8) is 0 Å². The fraction of sp³-hybridized carbons (Fsp3) is 0.370. The van der Waals surface area contributed by atoms with Gasteiger partial charge in [0.05, 0.1) is 10.8 Å². The first-order valence-electron chi connectivity index (χ1n) is 12.3. The molecule has 0 unspecified atom stereocenters. The number of amides is 1. The van der Waals surface area contributed by atoms with Crippen molar-refractivity contribution in [2.24, 2.45) is 0 Å². The van der Waals surface area contributed by atoms with Crippen molar-refractivity contribution < 1.29 is 9.72 Å². The number of piperidine rings is 1. The molecule has 1 amide bonds. The van der Waals surface area contributed by atoms with Crippen molar-refractivity contribution in [1.29, 1.82) is 0 Å². The molecule has 2 heterocycles. The van der Waals surface area contributed by atoms with Crippen molar-refractivity contribution in [2.45, 2.75) is 63.6 Å². The second-order valence-corrected chi connectivity index (χ2v) is 10.7. The summed E-state index contributed by atoms with van der Waals surface area (Å²) < 4.78 is 0. The molecule has 10 heteroatoms. The minimum absolute atomic E-state index is 0.0390. The molecular formula is C27H33N7O3. The fourth-order valence-corrected chi connectivity index (χ4v) is 5.35. The molecule has 4 N–H and O–H groups in total. The van der Waals surface area contributed by atoms with Gasteiger partial charge in [-0.3, -0.25) is 25.8 Å². The molecule has 194 valence electrons. The second-order valence-electron chi connectivity index (χ2n) is 10.7. The first-order chi connectivity index (χ1) is 17.5. The summed E-state index contributed by atoms with van der Waals surface area (Å²) >= 11 is 0. The summed E-state index contributed by atoms with van der Waals surface area (Å²) in [7, 11) is 0. The minimum atomic E-state index is -0.618. The molecular weight excluding hydrogens is 470 g/mol. The van der Waals surface area contributed by atoms with Gasteiger partial charge in [0.15, 0.2) is 0 Å². The molecule has 1 aliphatic heterocycles. The third kappa shape index (κ3) is 6.39. The van der Waals surface area contributed by atoms with Gasteiger partial charge in [0, 0.05) is 17.1 Å². The normalized spacial score (nSPS) is 16.7. The number of hydrazine groups is 1. The van der Waals surface area contributed by atoms with E-state index in [0.717, 1.165) is 24.0 Å². The van der Waals surface area contributed by atoms with Crippen LogP contribution in [0, 0.1) is 10.1 Å². The maximum Gasteiger partial charge on any atom is 0.354 e. The van der Waals surface area contributed by atoms with E-state index >= 15 is 0 Å². The summed E-state index contributed by atoms with van der Waals surface area (Å²) in [5.41, 5.74) is 6.27. The van der Waals surface area contributed by atoms with Gasteiger partial charge in [-0.15, -0.1) is 0 Å². The molecule has 3 aromatic rings. The number of benzene rings is 2. The van der Waals surface area contributed by atoms with Crippen LogP contribution in [0.3, 0.4) is 0 Å². The Hall–Kier alpha value is -4.05. The van der Waals surface area contributed by atoms with Crippen LogP contribution in [-0.4, -0.2) is 37.9 Å². The van der Waals surface area contributed by atoms with E-state index < -0.39 is 10.8 Å². The Bertz CT molecular complexity index is 1190. The SMILES string of the molecule is CC1(C)CC(Nc2ncnc(NNC(=O)C(c3ccccc3)c3ccccc3)c2[N+](=O)[O-])CC(C)(C)N1. The van der Waals surface area contributed by atoms with Crippen LogP contribution in [0.5, 0.6) is 0 Å². The van der Waals surface area contributed by atoms with Crippen molar-refractivity contribution in [2.75, 3.05) is 10.7 Å². The van der Waals surface area contributed by atoms with Crippen LogP contribution in [0.2, 0.25) is 0 Å². The third-order valence-electron chi connectivity index (χ3n) is 6.37. The standard InChI is InChI=1S/C27H33N7O3/c1-26(2)15-20(16-27(3,4)33-26)30-23-22(34(36)37)24(29-17-28-23)31-32-25(35)21(18-11-7-5-8-12-18)19-13-9-6-10-14-19/h5-14,17,20-21,33H,15-16H2,1-4H3,(H,32,35)(H2,28,29,30,31). The molecule has 0 saturated carbocycles. The Kier molecular flexibility index (Phi) is 7.40. The van der Waals surface area contributed by atoms with Gasteiger partial charge in [0.1, 0.15) is 6.33 Å². The lowest BCUT2D eigenvalue weighted by Crippen LogP contribution is -2.60. The molecule has 1 fully saturated rings. The summed E-state index contributed by atoms with van der Waals surface area (Å²) in [4.78, 5) is 33.1. The predicted octanol–water partition coefficient (Wildman–Crippen LogP) is 4.38. The molecule has 1 saturated heterocycles. The van der Waals surface area contributed by atoms with Gasteiger partial charge in [0.25, 0.3) is 0 Å². The third-order valence-corrected chi connectivity index (χ3v) is 6.37. The van der Waals surface area contributed by atoms with E-state index in [1.165, 1.54) is 6.33 Å². The second kappa shape index (κ2) is 10.5. The average molecular weight is 504 g/mol. The molecule has 1 aliphatic rings. The number of anilines is 2. The van der Waals surface area contributed by atoms with E-state index in [1.54, 1.807) is 0 Å². The highest BCUT2D eigenvalue weighted by Gasteiger charge is 2.39. The topological polar surface area (TPSA) is 134 Å². The molecule has 10 nitrogen and oxygen atoms in total. The lowest BCUT2D eigenvalue weighted by atomic mass is 9.79. The lowest BCUT2D eigenvalue weighted by molar-refractivity contribution is -0.383. The van der Waals surface area contributed by atoms with Crippen LogP contribution in [0.1, 0.15) is 57.6 Å². The molecule has 1 aromatic heterocycles. The summed E-state index contributed by atoms with van der Waals surface area (Å²) in [6.45, 7) is 8.43. The van der Waals surface area contributed by atoms with E-state index in [4.69, 9.17) is 0 Å². The highest BCUT2D eigenvalue weighted by atomic mass is 16.6. The average Bonchev–Trinajstić information content (AvgIpc) is 2.82. The molecule has 37 heavy (non-hydrogen) atoms. The van der Waals surface area contributed by atoms with Crippen LogP contribution in [0.25, 0.3) is 0 Å². The number of nitrogens with one attached hydrogen (secondary N) is 4. The molecule has 4 rings (SSSR count). The Labute approximate surface area is 216 Å².